The van der Waals surface area contributed by atoms with Crippen molar-refractivity contribution in [2.24, 2.45) is 0 Å². The third-order valence-corrected chi connectivity index (χ3v) is 7.03. The summed E-state index contributed by atoms with van der Waals surface area (Å²) in [6, 6.07) is 19.5. The normalized spacial score (nSPS) is 17.3. The van der Waals surface area contributed by atoms with E-state index < -0.39 is 17.7 Å². The first-order valence-electron chi connectivity index (χ1n) is 11.4. The fourth-order valence-corrected chi connectivity index (χ4v) is 5.34. The number of hydrogen-bond donors (Lipinski definition) is 1. The van der Waals surface area contributed by atoms with Crippen LogP contribution < -0.4 is 9.64 Å². The van der Waals surface area contributed by atoms with E-state index in [1.165, 1.54) is 16.2 Å². The molecular formula is C28H24N2O4S. The average molecular weight is 485 g/mol. The summed E-state index contributed by atoms with van der Waals surface area (Å²) >= 11 is 1.35. The predicted molar refractivity (Wildman–Crippen MR) is 138 cm³/mol. The Balaban J connectivity index is 1.70. The molecule has 0 aliphatic carbocycles. The summed E-state index contributed by atoms with van der Waals surface area (Å²) in [5, 5.41) is 11.7. The summed E-state index contributed by atoms with van der Waals surface area (Å²) in [6.07, 6.45) is 0. The Bertz CT molecular complexity index is 1470. The lowest BCUT2D eigenvalue weighted by atomic mass is 9.95. The van der Waals surface area contributed by atoms with Gasteiger partial charge in [0.15, 0.2) is 5.13 Å². The molecule has 0 saturated carbocycles. The molecule has 5 rings (SSSR count). The highest BCUT2D eigenvalue weighted by Crippen LogP contribution is 2.44. The van der Waals surface area contributed by atoms with E-state index in [1.54, 1.807) is 24.3 Å². The fraction of sp³-hybridized carbons (Fsp3) is 0.179. The lowest BCUT2D eigenvalue weighted by Crippen LogP contribution is -2.29. The molecular weight excluding hydrogens is 460 g/mol. The van der Waals surface area contributed by atoms with Gasteiger partial charge >= 0.3 is 5.91 Å². The van der Waals surface area contributed by atoms with Gasteiger partial charge in [0, 0.05) is 5.56 Å². The van der Waals surface area contributed by atoms with Crippen LogP contribution >= 0.6 is 11.3 Å². The van der Waals surface area contributed by atoms with E-state index in [1.807, 2.05) is 63.2 Å². The smallest absolute Gasteiger partial charge is 0.301 e. The van der Waals surface area contributed by atoms with Gasteiger partial charge in [0.25, 0.3) is 5.78 Å². The van der Waals surface area contributed by atoms with Crippen LogP contribution in [-0.2, 0) is 9.59 Å². The van der Waals surface area contributed by atoms with Crippen LogP contribution in [-0.4, -0.2) is 28.4 Å². The number of nitrogens with zero attached hydrogens (tertiary/aromatic N) is 2. The molecule has 0 radical (unpaired) electrons. The molecule has 2 heterocycles. The molecule has 1 fully saturated rings. The van der Waals surface area contributed by atoms with Crippen molar-refractivity contribution in [3.63, 3.8) is 0 Å². The first kappa shape index (κ1) is 22.8. The molecule has 1 saturated heterocycles. The Morgan fingerprint density at radius 3 is 2.37 bits per heavy atom. The lowest BCUT2D eigenvalue weighted by Gasteiger charge is -2.23. The van der Waals surface area contributed by atoms with Gasteiger partial charge in [0.05, 0.1) is 28.4 Å². The zero-order valence-electron chi connectivity index (χ0n) is 19.6. The zero-order chi connectivity index (χ0) is 24.7. The van der Waals surface area contributed by atoms with Gasteiger partial charge < -0.3 is 9.84 Å². The number of aromatic nitrogens is 1. The minimum atomic E-state index is -0.825. The highest BCUT2D eigenvalue weighted by atomic mass is 32.1. The first-order chi connectivity index (χ1) is 16.9. The minimum Gasteiger partial charge on any atom is -0.507 e. The largest absolute Gasteiger partial charge is 0.507 e. The Morgan fingerprint density at radius 1 is 1.00 bits per heavy atom. The van der Waals surface area contributed by atoms with Crippen molar-refractivity contribution in [2.75, 3.05) is 11.5 Å². The number of aliphatic hydroxyl groups excluding tert-OH is 1. The number of thiazole rings is 1. The molecule has 35 heavy (non-hydrogen) atoms. The number of carbonyl (C=O) groups excluding carboxylic acids is 2. The Kier molecular flexibility index (Phi) is 5.86. The third kappa shape index (κ3) is 4.08. The van der Waals surface area contributed by atoms with E-state index in [4.69, 9.17) is 4.74 Å². The Morgan fingerprint density at radius 2 is 1.69 bits per heavy atom. The molecule has 0 unspecified atom stereocenters. The van der Waals surface area contributed by atoms with Crippen LogP contribution in [0.4, 0.5) is 5.13 Å². The topological polar surface area (TPSA) is 79.7 Å². The van der Waals surface area contributed by atoms with Gasteiger partial charge in [0.2, 0.25) is 0 Å². The van der Waals surface area contributed by atoms with Gasteiger partial charge in [0.1, 0.15) is 11.5 Å². The van der Waals surface area contributed by atoms with Crippen molar-refractivity contribution >= 4 is 44.1 Å². The number of benzene rings is 3. The molecule has 6 nitrogen and oxygen atoms in total. The second kappa shape index (κ2) is 9.00. The Labute approximate surface area is 207 Å². The molecule has 4 aromatic rings. The van der Waals surface area contributed by atoms with Crippen LogP contribution in [0.5, 0.6) is 5.75 Å². The molecule has 0 spiro atoms. The van der Waals surface area contributed by atoms with Crippen molar-refractivity contribution < 1.29 is 19.4 Å². The van der Waals surface area contributed by atoms with Crippen LogP contribution in [0.2, 0.25) is 0 Å². The predicted octanol–water partition coefficient (Wildman–Crippen LogP) is 5.94. The molecule has 1 aliphatic rings. The number of ketones is 1. The first-order valence-corrected chi connectivity index (χ1v) is 12.2. The molecule has 0 bridgehead atoms. The number of Topliss-reactive ketones (excluding diaryl/α,β-unsaturated/α-hetero) is 1. The SMILES string of the molecule is CCOc1ccc([C@@H]2C(=C(O)c3ccc(C)cc3)C(=O)C(=O)N2c2nc3ccc(C)cc3s2)cc1. The number of carbonyl (C=O) groups is 2. The zero-order valence-corrected chi connectivity index (χ0v) is 20.4. The molecule has 1 atom stereocenters. The molecule has 1 N–H and O–H groups in total. The van der Waals surface area contributed by atoms with Crippen LogP contribution in [0.1, 0.15) is 35.2 Å². The molecule has 7 heteroatoms. The van der Waals surface area contributed by atoms with E-state index in [-0.39, 0.29) is 11.3 Å². The maximum Gasteiger partial charge on any atom is 0.301 e. The number of anilines is 1. The number of aryl methyl sites for hydroxylation is 2. The van der Waals surface area contributed by atoms with E-state index in [2.05, 4.69) is 4.98 Å². The van der Waals surface area contributed by atoms with E-state index in [0.717, 1.165) is 21.3 Å². The van der Waals surface area contributed by atoms with Crippen molar-refractivity contribution in [2.45, 2.75) is 26.8 Å². The van der Waals surface area contributed by atoms with Crippen molar-refractivity contribution in [3.05, 3.63) is 94.6 Å². The number of aliphatic hydroxyl groups is 1. The average Bonchev–Trinajstić information content (AvgIpc) is 3.37. The van der Waals surface area contributed by atoms with Crippen LogP contribution in [0.15, 0.2) is 72.3 Å². The third-order valence-electron chi connectivity index (χ3n) is 6.02. The van der Waals surface area contributed by atoms with Crippen LogP contribution in [0.3, 0.4) is 0 Å². The summed E-state index contributed by atoms with van der Waals surface area (Å²) in [4.78, 5) is 32.8. The number of hydrogen-bond acceptors (Lipinski definition) is 6. The monoisotopic (exact) mass is 484 g/mol. The molecule has 1 amide bonds. The van der Waals surface area contributed by atoms with E-state index in [0.29, 0.717) is 28.6 Å². The number of fused-ring (bicyclic) bond motifs is 1. The summed E-state index contributed by atoms with van der Waals surface area (Å²) in [7, 11) is 0. The van der Waals surface area contributed by atoms with Crippen molar-refractivity contribution in [3.8, 4) is 5.75 Å². The van der Waals surface area contributed by atoms with Gasteiger partial charge in [-0.15, -0.1) is 0 Å². The van der Waals surface area contributed by atoms with Crippen LogP contribution in [0, 0.1) is 13.8 Å². The minimum absolute atomic E-state index is 0.0402. The summed E-state index contributed by atoms with van der Waals surface area (Å²) < 4.78 is 6.49. The van der Waals surface area contributed by atoms with Gasteiger partial charge in [-0.1, -0.05) is 59.4 Å². The molecule has 176 valence electrons. The second-order valence-corrected chi connectivity index (χ2v) is 9.51. The summed E-state index contributed by atoms with van der Waals surface area (Å²) in [6.45, 7) is 6.36. The van der Waals surface area contributed by atoms with Gasteiger partial charge in [-0.3, -0.25) is 14.5 Å². The molecule has 1 aliphatic heterocycles. The highest BCUT2D eigenvalue weighted by molar-refractivity contribution is 7.22. The lowest BCUT2D eigenvalue weighted by molar-refractivity contribution is -0.132. The molecule has 3 aromatic carbocycles. The Hall–Kier alpha value is -3.97. The fourth-order valence-electron chi connectivity index (χ4n) is 4.25. The maximum absolute atomic E-state index is 13.4. The standard InChI is InChI=1S/C28H24N2O4S/c1-4-34-20-12-10-18(11-13-20)24-23(25(31)19-8-5-16(2)6-9-19)26(32)27(33)30(24)28-29-21-14-7-17(3)15-22(21)35-28/h5-15,24,31H,4H2,1-3H3/t24-/m1/s1. The molecule has 1 aromatic heterocycles. The second-order valence-electron chi connectivity index (χ2n) is 8.50. The van der Waals surface area contributed by atoms with Gasteiger partial charge in [-0.05, 0) is 56.2 Å². The van der Waals surface area contributed by atoms with Crippen molar-refractivity contribution in [1.29, 1.82) is 0 Å². The number of amides is 1. The quantitative estimate of drug-likeness (QED) is 0.215. The highest BCUT2D eigenvalue weighted by Gasteiger charge is 2.48. The number of ether oxygens (including phenoxy) is 1. The van der Waals surface area contributed by atoms with Gasteiger partial charge in [-0.25, -0.2) is 4.98 Å². The van der Waals surface area contributed by atoms with E-state index >= 15 is 0 Å². The summed E-state index contributed by atoms with van der Waals surface area (Å²) in [5.41, 5.74) is 4.05. The van der Waals surface area contributed by atoms with Crippen molar-refractivity contribution in [1.82, 2.24) is 4.98 Å². The van der Waals surface area contributed by atoms with Gasteiger partial charge in [-0.2, -0.15) is 0 Å². The maximum atomic E-state index is 13.4. The summed E-state index contributed by atoms with van der Waals surface area (Å²) in [5.74, 6) is -0.977. The van der Waals surface area contributed by atoms with Crippen LogP contribution in [0.25, 0.3) is 16.0 Å². The number of rotatable bonds is 5. The van der Waals surface area contributed by atoms with E-state index in [9.17, 15) is 14.7 Å².